The van der Waals surface area contributed by atoms with Crippen LogP contribution >= 0.6 is 0 Å². The molecule has 35 heavy (non-hydrogen) atoms. The molecule has 5 unspecified atom stereocenters. The van der Waals surface area contributed by atoms with E-state index in [0.717, 1.165) is 16.9 Å². The van der Waals surface area contributed by atoms with Gasteiger partial charge in [0.05, 0.1) is 28.9 Å². The van der Waals surface area contributed by atoms with Gasteiger partial charge in [-0.15, -0.1) is 0 Å². The van der Waals surface area contributed by atoms with Crippen molar-refractivity contribution >= 4 is 28.6 Å². The number of aromatic nitrogens is 2. The number of aryl methyl sites for hydroxylation is 1. The summed E-state index contributed by atoms with van der Waals surface area (Å²) in [7, 11) is 0. The van der Waals surface area contributed by atoms with Gasteiger partial charge in [0.1, 0.15) is 24.3 Å². The highest BCUT2D eigenvalue weighted by molar-refractivity contribution is 5.97. The van der Waals surface area contributed by atoms with Crippen LogP contribution in [0.4, 0.5) is 5.69 Å². The maximum absolute atomic E-state index is 13.0. The minimum atomic E-state index is -1.10. The summed E-state index contributed by atoms with van der Waals surface area (Å²) in [5.74, 6) is -0.602. The number of fused-ring (bicyclic) bond motifs is 3. The highest BCUT2D eigenvalue weighted by atomic mass is 16.5. The fourth-order valence-corrected chi connectivity index (χ4v) is 5.59. The SMILES string of the molecule is Cc1nc2ccccc2n1CC(O)COc1ccc(NC(=O)C2C3C=CC(C3)C2(C)C(=O)O)cc1. The smallest absolute Gasteiger partial charge is 0.310 e. The van der Waals surface area contributed by atoms with E-state index < -0.39 is 23.4 Å². The zero-order valence-electron chi connectivity index (χ0n) is 19.7. The summed E-state index contributed by atoms with van der Waals surface area (Å²) < 4.78 is 7.72. The molecule has 8 nitrogen and oxygen atoms in total. The number of rotatable bonds is 8. The predicted molar refractivity (Wildman–Crippen MR) is 131 cm³/mol. The maximum Gasteiger partial charge on any atom is 0.310 e. The van der Waals surface area contributed by atoms with Gasteiger partial charge >= 0.3 is 5.97 Å². The van der Waals surface area contributed by atoms with Crippen LogP contribution in [0.2, 0.25) is 0 Å². The number of amides is 1. The van der Waals surface area contributed by atoms with E-state index in [1.807, 2.05) is 47.9 Å². The topological polar surface area (TPSA) is 114 Å². The zero-order chi connectivity index (χ0) is 24.7. The molecule has 0 radical (unpaired) electrons. The Kier molecular flexibility index (Phi) is 5.84. The molecule has 1 heterocycles. The first-order valence-corrected chi connectivity index (χ1v) is 11.8. The van der Waals surface area contributed by atoms with Gasteiger partial charge in [-0.2, -0.15) is 0 Å². The summed E-state index contributed by atoms with van der Waals surface area (Å²) in [6.07, 6.45) is 3.87. The van der Waals surface area contributed by atoms with Gasteiger partial charge in [0.2, 0.25) is 5.91 Å². The van der Waals surface area contributed by atoms with E-state index in [1.165, 1.54) is 0 Å². The summed E-state index contributed by atoms with van der Waals surface area (Å²) in [6.45, 7) is 4.05. The molecule has 5 rings (SSSR count). The molecule has 5 atom stereocenters. The number of para-hydroxylation sites is 2. The molecular formula is C27H29N3O5. The number of nitrogens with one attached hydrogen (secondary N) is 1. The Morgan fingerprint density at radius 3 is 2.69 bits per heavy atom. The molecule has 2 bridgehead atoms. The fraction of sp³-hybridized carbons (Fsp3) is 0.370. The first-order valence-electron chi connectivity index (χ1n) is 11.8. The van der Waals surface area contributed by atoms with Crippen LogP contribution in [0.3, 0.4) is 0 Å². The molecule has 8 heteroatoms. The standard InChI is InChI=1S/C27H29N3O5/c1-16-28-22-5-3-4-6-23(22)30(16)14-20(31)15-35-21-11-9-19(10-12-21)29-25(32)24-17-7-8-18(13-17)27(24,2)26(33)34/h3-12,17-18,20,24,31H,13-15H2,1-2H3,(H,29,32)(H,33,34). The molecule has 1 fully saturated rings. The van der Waals surface area contributed by atoms with Gasteiger partial charge in [-0.05, 0) is 68.5 Å². The van der Waals surface area contributed by atoms with Crippen LogP contribution in [-0.2, 0) is 16.1 Å². The number of hydrogen-bond acceptors (Lipinski definition) is 5. The molecule has 1 amide bonds. The highest BCUT2D eigenvalue weighted by Crippen LogP contribution is 2.56. The van der Waals surface area contributed by atoms with Crippen LogP contribution in [0.5, 0.6) is 5.75 Å². The highest BCUT2D eigenvalue weighted by Gasteiger charge is 2.60. The van der Waals surface area contributed by atoms with Crippen molar-refractivity contribution < 1.29 is 24.5 Å². The summed E-state index contributed by atoms with van der Waals surface area (Å²) in [5, 5.41) is 23.2. The first kappa shape index (κ1) is 23.1. The number of hydrogen-bond donors (Lipinski definition) is 3. The van der Waals surface area contributed by atoms with Gasteiger partial charge in [0.15, 0.2) is 0 Å². The molecule has 2 aromatic carbocycles. The third kappa shape index (κ3) is 4.08. The average Bonchev–Trinajstić information content (AvgIpc) is 3.51. The van der Waals surface area contributed by atoms with Gasteiger partial charge in [0, 0.05) is 5.69 Å². The van der Waals surface area contributed by atoms with E-state index in [9.17, 15) is 19.8 Å². The Labute approximate surface area is 203 Å². The van der Waals surface area contributed by atoms with Crippen molar-refractivity contribution in [1.29, 1.82) is 0 Å². The minimum Gasteiger partial charge on any atom is -0.491 e. The Hall–Kier alpha value is -3.65. The average molecular weight is 476 g/mol. The van der Waals surface area contributed by atoms with Crippen LogP contribution in [0, 0.1) is 30.1 Å². The number of aliphatic hydroxyl groups excluding tert-OH is 1. The van der Waals surface area contributed by atoms with Gasteiger partial charge in [-0.25, -0.2) is 4.98 Å². The Morgan fingerprint density at radius 2 is 1.94 bits per heavy atom. The molecule has 182 valence electrons. The molecule has 2 aliphatic carbocycles. The number of carboxylic acids is 1. The fourth-order valence-electron chi connectivity index (χ4n) is 5.59. The van der Waals surface area contributed by atoms with E-state index in [2.05, 4.69) is 10.3 Å². The molecular weight excluding hydrogens is 446 g/mol. The number of carbonyl (C=O) groups excluding carboxylic acids is 1. The van der Waals surface area contributed by atoms with Crippen molar-refractivity contribution in [2.75, 3.05) is 11.9 Å². The number of aliphatic carboxylic acids is 1. The molecule has 0 saturated heterocycles. The summed E-state index contributed by atoms with van der Waals surface area (Å²) in [4.78, 5) is 29.5. The van der Waals surface area contributed by atoms with Crippen LogP contribution in [0.25, 0.3) is 11.0 Å². The number of allylic oxidation sites excluding steroid dienone is 2. The van der Waals surface area contributed by atoms with Crippen molar-refractivity contribution in [1.82, 2.24) is 9.55 Å². The molecule has 0 aliphatic heterocycles. The van der Waals surface area contributed by atoms with Crippen molar-refractivity contribution in [3.63, 3.8) is 0 Å². The van der Waals surface area contributed by atoms with E-state index in [-0.39, 0.29) is 24.3 Å². The number of carbonyl (C=O) groups is 2. The second-order valence-electron chi connectivity index (χ2n) is 9.69. The number of ether oxygens (including phenoxy) is 1. The summed E-state index contributed by atoms with van der Waals surface area (Å²) in [6, 6.07) is 14.7. The minimum absolute atomic E-state index is 0.0542. The molecule has 1 saturated carbocycles. The predicted octanol–water partition coefficient (Wildman–Crippen LogP) is 3.64. The number of anilines is 1. The van der Waals surface area contributed by atoms with Crippen LogP contribution in [0.15, 0.2) is 60.7 Å². The van der Waals surface area contributed by atoms with Crippen LogP contribution in [0.1, 0.15) is 19.2 Å². The lowest BCUT2D eigenvalue weighted by molar-refractivity contribution is -0.155. The maximum atomic E-state index is 13.0. The molecule has 3 N–H and O–H groups in total. The lowest BCUT2D eigenvalue weighted by atomic mass is 9.69. The second-order valence-corrected chi connectivity index (χ2v) is 9.69. The largest absolute Gasteiger partial charge is 0.491 e. The summed E-state index contributed by atoms with van der Waals surface area (Å²) >= 11 is 0. The van der Waals surface area contributed by atoms with Crippen molar-refractivity contribution in [3.05, 3.63) is 66.5 Å². The lowest BCUT2D eigenvalue weighted by Crippen LogP contribution is -2.45. The Balaban J connectivity index is 1.18. The molecule has 1 aromatic heterocycles. The molecule has 2 aliphatic rings. The number of carboxylic acid groups (broad SMARTS) is 1. The number of nitrogens with zero attached hydrogens (tertiary/aromatic N) is 2. The normalized spacial score (nSPS) is 25.6. The third-order valence-electron chi connectivity index (χ3n) is 7.51. The van der Waals surface area contributed by atoms with Crippen molar-refractivity contribution in [3.8, 4) is 5.75 Å². The summed E-state index contributed by atoms with van der Waals surface area (Å²) in [5.41, 5.74) is 1.33. The van der Waals surface area contributed by atoms with Crippen molar-refractivity contribution in [2.45, 2.75) is 32.9 Å². The van der Waals surface area contributed by atoms with Gasteiger partial charge in [-0.3, -0.25) is 9.59 Å². The molecule has 0 spiro atoms. The van der Waals surface area contributed by atoms with Gasteiger partial charge < -0.3 is 24.8 Å². The Morgan fingerprint density at radius 1 is 1.20 bits per heavy atom. The number of imidazole rings is 1. The Bertz CT molecular complexity index is 1300. The lowest BCUT2D eigenvalue weighted by Gasteiger charge is -2.33. The van der Waals surface area contributed by atoms with E-state index in [0.29, 0.717) is 24.4 Å². The number of benzene rings is 2. The quantitative estimate of drug-likeness (QED) is 0.429. The number of aliphatic hydroxyl groups is 1. The van der Waals surface area contributed by atoms with Crippen LogP contribution in [-0.4, -0.2) is 44.4 Å². The van der Waals surface area contributed by atoms with E-state index >= 15 is 0 Å². The van der Waals surface area contributed by atoms with Gasteiger partial charge in [0.25, 0.3) is 0 Å². The first-order chi connectivity index (χ1) is 16.8. The van der Waals surface area contributed by atoms with Crippen molar-refractivity contribution in [2.24, 2.45) is 23.2 Å². The van der Waals surface area contributed by atoms with E-state index in [4.69, 9.17) is 4.74 Å². The van der Waals surface area contributed by atoms with Crippen LogP contribution < -0.4 is 10.1 Å². The third-order valence-corrected chi connectivity index (χ3v) is 7.51. The molecule has 3 aromatic rings. The monoisotopic (exact) mass is 475 g/mol. The van der Waals surface area contributed by atoms with E-state index in [1.54, 1.807) is 31.2 Å². The van der Waals surface area contributed by atoms with Gasteiger partial charge in [-0.1, -0.05) is 24.3 Å². The second kappa shape index (κ2) is 8.85. The zero-order valence-corrected chi connectivity index (χ0v) is 19.7.